The summed E-state index contributed by atoms with van der Waals surface area (Å²) in [6.07, 6.45) is 1.45. The average molecular weight is 424 g/mol. The number of halogens is 1. The molecule has 156 valence electrons. The third-order valence-electron chi connectivity index (χ3n) is 5.38. The number of hydrogen-bond donors (Lipinski definition) is 2. The van der Waals surface area contributed by atoms with Crippen LogP contribution >= 0.6 is 0 Å². The fourth-order valence-electron chi connectivity index (χ4n) is 4.03. The first-order chi connectivity index (χ1) is 15.6. The van der Waals surface area contributed by atoms with E-state index in [0.29, 0.717) is 27.7 Å². The first-order valence-corrected chi connectivity index (χ1v) is 9.92. The molecule has 0 spiro atoms. The maximum absolute atomic E-state index is 13.7. The van der Waals surface area contributed by atoms with Crippen molar-refractivity contribution < 1.29 is 19.4 Å². The molecule has 0 aliphatic rings. The van der Waals surface area contributed by atoms with E-state index in [1.807, 2.05) is 65.2 Å². The van der Waals surface area contributed by atoms with Crippen molar-refractivity contribution >= 4 is 16.9 Å². The van der Waals surface area contributed by atoms with Crippen LogP contribution in [0.3, 0.4) is 0 Å². The van der Waals surface area contributed by atoms with Crippen molar-refractivity contribution in [1.82, 2.24) is 9.55 Å². The number of aromatic carboxylic acids is 1. The highest BCUT2D eigenvalue weighted by atomic mass is 19.1. The van der Waals surface area contributed by atoms with E-state index in [-0.39, 0.29) is 5.82 Å². The molecule has 6 heteroatoms. The Morgan fingerprint density at radius 1 is 0.844 bits per heavy atom. The van der Waals surface area contributed by atoms with Gasteiger partial charge in [0.25, 0.3) is 0 Å². The maximum Gasteiger partial charge on any atom is 0.358 e. The zero-order valence-electron chi connectivity index (χ0n) is 16.7. The number of carboxylic acids is 1. The Morgan fingerprint density at radius 3 is 2.09 bits per heavy atom. The summed E-state index contributed by atoms with van der Waals surface area (Å²) in [5.41, 5.74) is 3.73. The third kappa shape index (κ3) is 3.09. The molecule has 0 aliphatic heterocycles. The van der Waals surface area contributed by atoms with Crippen LogP contribution in [0.5, 0.6) is 5.75 Å². The summed E-state index contributed by atoms with van der Waals surface area (Å²) in [7, 11) is 0. The summed E-state index contributed by atoms with van der Waals surface area (Å²) in [4.78, 5) is 15.7. The number of aromatic nitrogens is 2. The lowest BCUT2D eigenvalue weighted by Gasteiger charge is -2.13. The summed E-state index contributed by atoms with van der Waals surface area (Å²) < 4.78 is 15.6. The summed E-state index contributed by atoms with van der Waals surface area (Å²) in [5, 5.41) is 20.9. The lowest BCUT2D eigenvalue weighted by Crippen LogP contribution is -2.01. The smallest absolute Gasteiger partial charge is 0.358 e. The van der Waals surface area contributed by atoms with Crippen LogP contribution in [0.15, 0.2) is 91.1 Å². The van der Waals surface area contributed by atoms with Crippen molar-refractivity contribution in [2.45, 2.75) is 0 Å². The van der Waals surface area contributed by atoms with Gasteiger partial charge in [-0.05, 0) is 47.5 Å². The molecule has 5 aromatic rings. The van der Waals surface area contributed by atoms with E-state index >= 15 is 0 Å². The molecular weight excluding hydrogens is 407 g/mol. The Labute approximate surface area is 182 Å². The van der Waals surface area contributed by atoms with Gasteiger partial charge in [-0.25, -0.2) is 14.2 Å². The number of aromatic hydroxyl groups is 1. The number of carboxylic acid groups (broad SMARTS) is 1. The predicted octanol–water partition coefficient (Wildman–Crippen LogP) is 5.90. The minimum Gasteiger partial charge on any atom is -0.505 e. The Hall–Kier alpha value is -4.45. The lowest BCUT2D eigenvalue weighted by molar-refractivity contribution is 0.0687. The largest absolute Gasteiger partial charge is 0.505 e. The van der Waals surface area contributed by atoms with E-state index in [4.69, 9.17) is 0 Å². The number of pyridine rings is 1. The Bertz CT molecular complexity index is 1440. The topological polar surface area (TPSA) is 75.3 Å². The predicted molar refractivity (Wildman–Crippen MR) is 121 cm³/mol. The van der Waals surface area contributed by atoms with Gasteiger partial charge in [-0.2, -0.15) is 0 Å². The number of nitrogens with zero attached hydrogens (tertiary/aromatic N) is 2. The van der Waals surface area contributed by atoms with Crippen molar-refractivity contribution in [3.8, 4) is 33.8 Å². The number of hydrogen-bond acceptors (Lipinski definition) is 3. The van der Waals surface area contributed by atoms with E-state index < -0.39 is 17.4 Å². The van der Waals surface area contributed by atoms with Crippen LogP contribution in [-0.4, -0.2) is 25.7 Å². The summed E-state index contributed by atoms with van der Waals surface area (Å²) in [6.45, 7) is 0. The van der Waals surface area contributed by atoms with Gasteiger partial charge in [0.1, 0.15) is 5.82 Å². The van der Waals surface area contributed by atoms with Crippen LogP contribution in [0.4, 0.5) is 4.39 Å². The summed E-state index contributed by atoms with van der Waals surface area (Å²) >= 11 is 0. The van der Waals surface area contributed by atoms with Crippen molar-refractivity contribution in [2.24, 2.45) is 0 Å². The summed E-state index contributed by atoms with van der Waals surface area (Å²) in [6, 6.07) is 24.9. The number of benzene rings is 3. The first kappa shape index (κ1) is 19.5. The molecule has 0 saturated carbocycles. The Balaban J connectivity index is 2.02. The minimum atomic E-state index is -1.32. The quantitative estimate of drug-likeness (QED) is 0.377. The van der Waals surface area contributed by atoms with Crippen LogP contribution in [-0.2, 0) is 0 Å². The van der Waals surface area contributed by atoms with Gasteiger partial charge in [0, 0.05) is 11.3 Å². The van der Waals surface area contributed by atoms with Gasteiger partial charge < -0.3 is 14.8 Å². The van der Waals surface area contributed by atoms with Gasteiger partial charge in [-0.3, -0.25) is 0 Å². The molecule has 0 amide bonds. The zero-order chi connectivity index (χ0) is 22.2. The van der Waals surface area contributed by atoms with Crippen LogP contribution in [0, 0.1) is 5.82 Å². The number of para-hydroxylation sites is 1. The van der Waals surface area contributed by atoms with Gasteiger partial charge in [0.15, 0.2) is 11.4 Å². The molecule has 0 aliphatic carbocycles. The molecule has 5 rings (SSSR count). The molecule has 0 atom stereocenters. The third-order valence-corrected chi connectivity index (χ3v) is 5.38. The molecule has 0 radical (unpaired) electrons. The number of fused-ring (bicyclic) bond motifs is 1. The number of carbonyl (C=O) groups is 1. The van der Waals surface area contributed by atoms with Gasteiger partial charge in [0.05, 0.1) is 22.8 Å². The highest BCUT2D eigenvalue weighted by Gasteiger charge is 2.26. The Morgan fingerprint density at radius 2 is 1.47 bits per heavy atom. The molecular formula is C26H17FN2O3. The van der Waals surface area contributed by atoms with E-state index in [9.17, 15) is 19.4 Å². The molecule has 32 heavy (non-hydrogen) atoms. The van der Waals surface area contributed by atoms with Crippen LogP contribution < -0.4 is 0 Å². The number of rotatable bonds is 4. The van der Waals surface area contributed by atoms with E-state index in [1.165, 1.54) is 18.3 Å². The second kappa shape index (κ2) is 7.67. The van der Waals surface area contributed by atoms with Crippen molar-refractivity contribution in [3.05, 3.63) is 103 Å². The fourth-order valence-corrected chi connectivity index (χ4v) is 4.03. The standard InChI is InChI=1S/C26H17FN2O3/c27-18-13-11-17(12-14-18)24-21(16-7-3-1-4-8-16)22-20(15-28-23(25(22)30)26(31)32)29(24)19-9-5-2-6-10-19/h1-15,30H,(H,31,32). The van der Waals surface area contributed by atoms with Crippen LogP contribution in [0.25, 0.3) is 39.0 Å². The summed E-state index contributed by atoms with van der Waals surface area (Å²) in [5.74, 6) is -2.10. The fraction of sp³-hybridized carbons (Fsp3) is 0. The molecule has 2 aromatic heterocycles. The van der Waals surface area contributed by atoms with Crippen molar-refractivity contribution in [3.63, 3.8) is 0 Å². The minimum absolute atomic E-state index is 0.366. The molecule has 2 N–H and O–H groups in total. The van der Waals surface area contributed by atoms with Gasteiger partial charge in [-0.15, -0.1) is 0 Å². The van der Waals surface area contributed by atoms with Crippen molar-refractivity contribution in [2.75, 3.05) is 0 Å². The highest BCUT2D eigenvalue weighted by molar-refractivity contribution is 6.11. The molecule has 0 bridgehead atoms. The van der Waals surface area contributed by atoms with Gasteiger partial charge in [0.2, 0.25) is 0 Å². The Kier molecular flexibility index (Phi) is 4.67. The monoisotopic (exact) mass is 424 g/mol. The van der Waals surface area contributed by atoms with Gasteiger partial charge in [-0.1, -0.05) is 48.5 Å². The van der Waals surface area contributed by atoms with E-state index in [0.717, 1.165) is 11.3 Å². The molecule has 5 nitrogen and oxygen atoms in total. The average Bonchev–Trinajstić information content (AvgIpc) is 3.17. The first-order valence-electron chi connectivity index (χ1n) is 9.92. The zero-order valence-corrected chi connectivity index (χ0v) is 16.7. The maximum atomic E-state index is 13.7. The van der Waals surface area contributed by atoms with Crippen molar-refractivity contribution in [1.29, 1.82) is 0 Å². The molecule has 0 unspecified atom stereocenters. The lowest BCUT2D eigenvalue weighted by atomic mass is 9.97. The highest BCUT2D eigenvalue weighted by Crippen LogP contribution is 2.46. The second-order valence-corrected chi connectivity index (χ2v) is 7.29. The second-order valence-electron chi connectivity index (χ2n) is 7.29. The molecule has 2 heterocycles. The van der Waals surface area contributed by atoms with E-state index in [1.54, 1.807) is 12.1 Å². The van der Waals surface area contributed by atoms with Crippen LogP contribution in [0.1, 0.15) is 10.5 Å². The molecule has 0 saturated heterocycles. The normalized spacial score (nSPS) is 11.0. The van der Waals surface area contributed by atoms with E-state index in [2.05, 4.69) is 4.98 Å². The van der Waals surface area contributed by atoms with Gasteiger partial charge >= 0.3 is 5.97 Å². The van der Waals surface area contributed by atoms with Crippen LogP contribution in [0.2, 0.25) is 0 Å². The SMILES string of the molecule is O=C(O)c1ncc2c(c1O)c(-c1ccccc1)c(-c1ccc(F)cc1)n2-c1ccccc1. The molecule has 3 aromatic carbocycles. The molecule has 0 fully saturated rings.